The predicted octanol–water partition coefficient (Wildman–Crippen LogP) is 3.28. The second-order valence-electron chi connectivity index (χ2n) is 4.05. The van der Waals surface area contributed by atoms with Crippen LogP contribution in [0, 0.1) is 0 Å². The summed E-state index contributed by atoms with van der Waals surface area (Å²) in [5.41, 5.74) is 1.16. The minimum absolute atomic E-state index is 0.162. The van der Waals surface area contributed by atoms with Gasteiger partial charge in [-0.1, -0.05) is 25.1 Å². The molecule has 1 aliphatic rings. The summed E-state index contributed by atoms with van der Waals surface area (Å²) in [6.07, 6.45) is 1.14. The first-order valence-corrected chi connectivity index (χ1v) is 5.08. The summed E-state index contributed by atoms with van der Waals surface area (Å²) in [5.74, 6) is 0.449. The number of ether oxygens (including phenoxy) is 2. The molecule has 2 rings (SSSR count). The molecule has 1 aromatic rings. The number of fused-ring (bicyclic) bond motifs is 1. The lowest BCUT2D eigenvalue weighted by Crippen LogP contribution is -2.37. The molecule has 2 heteroatoms. The Balaban J connectivity index is 2.41. The molecule has 0 aliphatic carbocycles. The van der Waals surface area contributed by atoms with E-state index < -0.39 is 5.79 Å². The van der Waals surface area contributed by atoms with Gasteiger partial charge in [-0.3, -0.25) is 0 Å². The van der Waals surface area contributed by atoms with Crippen LogP contribution in [0.1, 0.15) is 38.9 Å². The van der Waals surface area contributed by atoms with Gasteiger partial charge in [0.15, 0.2) is 0 Å². The molecule has 0 fully saturated rings. The van der Waals surface area contributed by atoms with Crippen LogP contribution in [0.4, 0.5) is 0 Å². The maximum Gasteiger partial charge on any atom is 0.205 e. The summed E-state index contributed by atoms with van der Waals surface area (Å²) in [6.45, 7) is 6.03. The van der Waals surface area contributed by atoms with E-state index in [1.54, 1.807) is 0 Å². The van der Waals surface area contributed by atoms with Crippen LogP contribution >= 0.6 is 0 Å². The van der Waals surface area contributed by atoms with Crippen LogP contribution in [0.15, 0.2) is 24.3 Å². The van der Waals surface area contributed by atoms with Crippen LogP contribution in [0.2, 0.25) is 0 Å². The molecule has 0 saturated heterocycles. The van der Waals surface area contributed by atoms with Crippen LogP contribution in [0.5, 0.6) is 5.75 Å². The first-order chi connectivity index (χ1) is 6.62. The van der Waals surface area contributed by atoms with Gasteiger partial charge in [0.1, 0.15) is 5.75 Å². The van der Waals surface area contributed by atoms with Crippen molar-refractivity contribution in [2.24, 2.45) is 0 Å². The van der Waals surface area contributed by atoms with Crippen molar-refractivity contribution in [1.82, 2.24) is 0 Å². The molecule has 1 aromatic carbocycles. The SMILES string of the molecule is CCC1OC(C)(C)Oc2ccccc21. The molecule has 1 aliphatic heterocycles. The van der Waals surface area contributed by atoms with E-state index in [9.17, 15) is 0 Å². The van der Waals surface area contributed by atoms with Crippen molar-refractivity contribution in [2.45, 2.75) is 39.1 Å². The molecule has 14 heavy (non-hydrogen) atoms. The summed E-state index contributed by atoms with van der Waals surface area (Å²) in [4.78, 5) is 0. The quantitative estimate of drug-likeness (QED) is 0.679. The van der Waals surface area contributed by atoms with E-state index in [-0.39, 0.29) is 6.10 Å². The standard InChI is InChI=1S/C12H16O2/c1-4-10-9-7-5-6-8-11(9)14-12(2,3)13-10/h5-8,10H,4H2,1-3H3. The predicted molar refractivity (Wildman–Crippen MR) is 55.3 cm³/mol. The number of rotatable bonds is 1. The van der Waals surface area contributed by atoms with Crippen molar-refractivity contribution >= 4 is 0 Å². The summed E-state index contributed by atoms with van der Waals surface area (Å²) < 4.78 is 11.6. The van der Waals surface area contributed by atoms with Crippen molar-refractivity contribution in [3.63, 3.8) is 0 Å². The van der Waals surface area contributed by atoms with Gasteiger partial charge in [-0.2, -0.15) is 0 Å². The molecule has 1 unspecified atom stereocenters. The largest absolute Gasteiger partial charge is 0.463 e. The summed E-state index contributed by atoms with van der Waals surface area (Å²) in [5, 5.41) is 0. The van der Waals surface area contributed by atoms with E-state index in [1.165, 1.54) is 0 Å². The van der Waals surface area contributed by atoms with Gasteiger partial charge in [-0.05, 0) is 12.5 Å². The van der Waals surface area contributed by atoms with Crippen LogP contribution in [0.25, 0.3) is 0 Å². The molecule has 76 valence electrons. The highest BCUT2D eigenvalue weighted by molar-refractivity contribution is 5.36. The molecule has 0 saturated carbocycles. The Labute approximate surface area is 84.8 Å². The van der Waals surface area contributed by atoms with E-state index in [1.807, 2.05) is 32.0 Å². The lowest BCUT2D eigenvalue weighted by atomic mass is 10.0. The molecule has 2 nitrogen and oxygen atoms in total. The van der Waals surface area contributed by atoms with Crippen molar-refractivity contribution in [1.29, 1.82) is 0 Å². The Morgan fingerprint density at radius 1 is 1.29 bits per heavy atom. The molecular weight excluding hydrogens is 176 g/mol. The first-order valence-electron chi connectivity index (χ1n) is 5.08. The third-order valence-electron chi connectivity index (χ3n) is 2.42. The summed E-state index contributed by atoms with van der Waals surface area (Å²) in [7, 11) is 0. The molecule has 1 heterocycles. The lowest BCUT2D eigenvalue weighted by molar-refractivity contribution is -0.207. The van der Waals surface area contributed by atoms with Gasteiger partial charge in [-0.15, -0.1) is 0 Å². The van der Waals surface area contributed by atoms with Gasteiger partial charge in [-0.25, -0.2) is 0 Å². The van der Waals surface area contributed by atoms with Crippen LogP contribution in [0.3, 0.4) is 0 Å². The van der Waals surface area contributed by atoms with Gasteiger partial charge < -0.3 is 9.47 Å². The van der Waals surface area contributed by atoms with Gasteiger partial charge in [0.2, 0.25) is 5.79 Å². The molecule has 0 amide bonds. The van der Waals surface area contributed by atoms with E-state index in [4.69, 9.17) is 9.47 Å². The zero-order valence-corrected chi connectivity index (χ0v) is 8.91. The fourth-order valence-electron chi connectivity index (χ4n) is 1.84. The Hall–Kier alpha value is -1.02. The summed E-state index contributed by atoms with van der Waals surface area (Å²) in [6, 6.07) is 8.08. The number of hydrogen-bond donors (Lipinski definition) is 0. The first kappa shape index (κ1) is 9.53. The molecule has 0 aromatic heterocycles. The van der Waals surface area contributed by atoms with E-state index in [0.29, 0.717) is 0 Å². The number of hydrogen-bond acceptors (Lipinski definition) is 2. The molecule has 1 atom stereocenters. The van der Waals surface area contributed by atoms with Gasteiger partial charge in [0, 0.05) is 19.4 Å². The van der Waals surface area contributed by atoms with E-state index >= 15 is 0 Å². The second-order valence-corrected chi connectivity index (χ2v) is 4.05. The van der Waals surface area contributed by atoms with E-state index in [0.717, 1.165) is 17.7 Å². The third-order valence-corrected chi connectivity index (χ3v) is 2.42. The lowest BCUT2D eigenvalue weighted by Gasteiger charge is -2.37. The number of benzene rings is 1. The number of para-hydroxylation sites is 1. The molecular formula is C12H16O2. The second kappa shape index (κ2) is 3.28. The maximum absolute atomic E-state index is 5.83. The Kier molecular flexibility index (Phi) is 2.23. The average molecular weight is 192 g/mol. The minimum Gasteiger partial charge on any atom is -0.463 e. The molecule has 0 radical (unpaired) electrons. The Morgan fingerprint density at radius 3 is 2.71 bits per heavy atom. The fraction of sp³-hybridized carbons (Fsp3) is 0.500. The minimum atomic E-state index is -0.505. The van der Waals surface area contributed by atoms with Gasteiger partial charge in [0.05, 0.1) is 6.10 Å². The highest BCUT2D eigenvalue weighted by Gasteiger charge is 2.32. The van der Waals surface area contributed by atoms with Crippen LogP contribution < -0.4 is 4.74 Å². The van der Waals surface area contributed by atoms with Crippen molar-refractivity contribution < 1.29 is 9.47 Å². The summed E-state index contributed by atoms with van der Waals surface area (Å²) >= 11 is 0. The molecule has 0 N–H and O–H groups in total. The smallest absolute Gasteiger partial charge is 0.205 e. The van der Waals surface area contributed by atoms with Crippen molar-refractivity contribution in [3.8, 4) is 5.75 Å². The molecule has 0 bridgehead atoms. The molecule has 0 spiro atoms. The topological polar surface area (TPSA) is 18.5 Å². The zero-order chi connectivity index (χ0) is 10.2. The van der Waals surface area contributed by atoms with Crippen LogP contribution in [-0.4, -0.2) is 5.79 Å². The fourth-order valence-corrected chi connectivity index (χ4v) is 1.84. The third kappa shape index (κ3) is 1.62. The maximum atomic E-state index is 5.83. The van der Waals surface area contributed by atoms with E-state index in [2.05, 4.69) is 13.0 Å². The average Bonchev–Trinajstić information content (AvgIpc) is 2.15. The van der Waals surface area contributed by atoms with Gasteiger partial charge in [0.25, 0.3) is 0 Å². The van der Waals surface area contributed by atoms with Crippen molar-refractivity contribution in [3.05, 3.63) is 29.8 Å². The monoisotopic (exact) mass is 192 g/mol. The highest BCUT2D eigenvalue weighted by atomic mass is 16.7. The normalized spacial score (nSPS) is 23.8. The highest BCUT2D eigenvalue weighted by Crippen LogP contribution is 2.39. The van der Waals surface area contributed by atoms with Crippen LogP contribution in [-0.2, 0) is 4.74 Å². The van der Waals surface area contributed by atoms with Gasteiger partial charge >= 0.3 is 0 Å². The Bertz CT molecular complexity index is 331. The zero-order valence-electron chi connectivity index (χ0n) is 8.91. The van der Waals surface area contributed by atoms with Crippen molar-refractivity contribution in [2.75, 3.05) is 0 Å². The Morgan fingerprint density at radius 2 is 2.00 bits per heavy atom.